The summed E-state index contributed by atoms with van der Waals surface area (Å²) in [6.07, 6.45) is 4.51. The molecule has 0 saturated heterocycles. The first-order valence-electron chi connectivity index (χ1n) is 10.9. The normalized spacial score (nSPS) is 33.0. The Morgan fingerprint density at radius 3 is 2.41 bits per heavy atom. The number of amides is 1. The highest BCUT2D eigenvalue weighted by Crippen LogP contribution is 2.57. The van der Waals surface area contributed by atoms with Gasteiger partial charge in [-0.3, -0.25) is 9.59 Å². The average molecular weight is 402 g/mol. The molecule has 4 aliphatic rings. The Balaban J connectivity index is 1.50. The first kappa shape index (κ1) is 20.4. The second-order valence-electron chi connectivity index (χ2n) is 10.3. The van der Waals surface area contributed by atoms with E-state index in [4.69, 9.17) is 5.11 Å². The largest absolute Gasteiger partial charge is 0.481 e. The Kier molecular flexibility index (Phi) is 4.99. The van der Waals surface area contributed by atoms with Crippen molar-refractivity contribution in [2.24, 2.45) is 17.8 Å². The fourth-order valence-electron chi connectivity index (χ4n) is 6.24. The van der Waals surface area contributed by atoms with Crippen molar-refractivity contribution < 1.29 is 19.1 Å². The van der Waals surface area contributed by atoms with Gasteiger partial charge in [-0.1, -0.05) is 23.8 Å². The maximum Gasteiger partial charge on any atom is 0.303 e. The van der Waals surface area contributed by atoms with Crippen LogP contribution in [-0.4, -0.2) is 28.7 Å². The van der Waals surface area contributed by atoms with Crippen molar-refractivity contribution in [3.05, 3.63) is 34.9 Å². The molecule has 4 fully saturated rings. The van der Waals surface area contributed by atoms with Crippen molar-refractivity contribution in [3.8, 4) is 0 Å². The third-order valence-electron chi connectivity index (χ3n) is 7.55. The van der Waals surface area contributed by atoms with Crippen molar-refractivity contribution in [1.82, 2.24) is 5.32 Å². The molecule has 3 unspecified atom stereocenters. The van der Waals surface area contributed by atoms with Crippen LogP contribution in [0.25, 0.3) is 0 Å². The number of carbonyl (C=O) groups excluding carboxylic acids is 1. The molecule has 1 aromatic rings. The molecule has 158 valence electrons. The fourth-order valence-corrected chi connectivity index (χ4v) is 6.24. The molecule has 5 rings (SSSR count). The summed E-state index contributed by atoms with van der Waals surface area (Å²) in [6.45, 7) is 5.82. The summed E-state index contributed by atoms with van der Waals surface area (Å²) >= 11 is 0. The lowest BCUT2D eigenvalue weighted by molar-refractivity contribution is -0.137. The Hall–Kier alpha value is -1.91. The number of carboxylic acid groups (broad SMARTS) is 1. The molecule has 5 heteroatoms. The van der Waals surface area contributed by atoms with Crippen molar-refractivity contribution in [2.75, 3.05) is 0 Å². The standard InChI is InChI=1S/C24H32FNO3/c1-14-6-15(4-5-20(27)28)10-19(7-14)23(2,3)22(29)26-21-17-8-16-9-18(21)13-24(25,11-16)12-17/h6-7,10,16-18,21H,4-5,8-9,11-13H2,1-3H3,(H,26,29)(H,27,28)/t16?,17-,18+,21?,24?. The van der Waals surface area contributed by atoms with Gasteiger partial charge >= 0.3 is 5.97 Å². The highest BCUT2D eigenvalue weighted by molar-refractivity contribution is 5.87. The number of hydrogen-bond donors (Lipinski definition) is 2. The molecule has 0 aromatic heterocycles. The molecular formula is C24H32FNO3. The molecule has 5 atom stereocenters. The predicted molar refractivity (Wildman–Crippen MR) is 109 cm³/mol. The van der Waals surface area contributed by atoms with E-state index in [9.17, 15) is 14.0 Å². The summed E-state index contributed by atoms with van der Waals surface area (Å²) in [6, 6.07) is 6.04. The van der Waals surface area contributed by atoms with E-state index in [1.54, 1.807) is 0 Å². The lowest BCUT2D eigenvalue weighted by Gasteiger charge is -2.57. The Morgan fingerprint density at radius 1 is 1.17 bits per heavy atom. The third kappa shape index (κ3) is 3.93. The molecule has 0 spiro atoms. The summed E-state index contributed by atoms with van der Waals surface area (Å²) in [7, 11) is 0. The van der Waals surface area contributed by atoms with Crippen LogP contribution in [-0.2, 0) is 21.4 Å². The monoisotopic (exact) mass is 401 g/mol. The number of hydrogen-bond acceptors (Lipinski definition) is 2. The number of rotatable bonds is 6. The third-order valence-corrected chi connectivity index (χ3v) is 7.55. The number of nitrogens with one attached hydrogen (secondary N) is 1. The van der Waals surface area contributed by atoms with Gasteiger partial charge in [0.25, 0.3) is 0 Å². The SMILES string of the molecule is Cc1cc(CCC(=O)O)cc(C(C)(C)C(=O)NC2[C@@H]3CC4C[C@H]2CC(F)(C4)C3)c1. The Bertz CT molecular complexity index is 817. The van der Waals surface area contributed by atoms with Gasteiger partial charge < -0.3 is 10.4 Å². The van der Waals surface area contributed by atoms with E-state index in [-0.39, 0.29) is 30.2 Å². The Labute approximate surface area is 172 Å². The number of aliphatic carboxylic acids is 1. The van der Waals surface area contributed by atoms with Gasteiger partial charge in [0.15, 0.2) is 0 Å². The zero-order chi connectivity index (χ0) is 21.0. The second-order valence-corrected chi connectivity index (χ2v) is 10.3. The second kappa shape index (κ2) is 7.10. The van der Waals surface area contributed by atoms with Gasteiger partial charge in [-0.2, -0.15) is 0 Å². The predicted octanol–water partition coefficient (Wildman–Crippen LogP) is 4.32. The van der Waals surface area contributed by atoms with Gasteiger partial charge in [0.1, 0.15) is 5.67 Å². The van der Waals surface area contributed by atoms with E-state index in [2.05, 4.69) is 5.32 Å². The molecule has 2 N–H and O–H groups in total. The smallest absolute Gasteiger partial charge is 0.303 e. The highest BCUT2D eigenvalue weighted by Gasteiger charge is 2.56. The molecular weight excluding hydrogens is 369 g/mol. The van der Waals surface area contributed by atoms with Gasteiger partial charge in [-0.25, -0.2) is 4.39 Å². The molecule has 0 heterocycles. The van der Waals surface area contributed by atoms with Crippen LogP contribution < -0.4 is 5.32 Å². The van der Waals surface area contributed by atoms with Crippen LogP contribution in [0, 0.1) is 24.7 Å². The maximum absolute atomic E-state index is 15.0. The minimum absolute atomic E-state index is 0.0160. The lowest BCUT2D eigenvalue weighted by atomic mass is 9.53. The number of alkyl halides is 1. The van der Waals surface area contributed by atoms with Crippen molar-refractivity contribution >= 4 is 11.9 Å². The lowest BCUT2D eigenvalue weighted by Crippen LogP contribution is -2.61. The van der Waals surface area contributed by atoms with Crippen LogP contribution in [0.5, 0.6) is 0 Å². The number of aryl methyl sites for hydroxylation is 2. The van der Waals surface area contributed by atoms with Crippen LogP contribution in [0.15, 0.2) is 18.2 Å². The molecule has 4 nitrogen and oxygen atoms in total. The molecule has 4 saturated carbocycles. The summed E-state index contributed by atoms with van der Waals surface area (Å²) in [4.78, 5) is 24.2. The first-order valence-corrected chi connectivity index (χ1v) is 10.9. The van der Waals surface area contributed by atoms with Gasteiger partial charge in [0, 0.05) is 12.5 Å². The van der Waals surface area contributed by atoms with E-state index in [0.29, 0.717) is 31.6 Å². The molecule has 29 heavy (non-hydrogen) atoms. The minimum atomic E-state index is -0.997. The molecule has 1 aromatic carbocycles. The van der Waals surface area contributed by atoms with Crippen LogP contribution in [0.3, 0.4) is 0 Å². The first-order chi connectivity index (χ1) is 13.6. The fraction of sp³-hybridized carbons (Fsp3) is 0.667. The van der Waals surface area contributed by atoms with Crippen LogP contribution in [0.2, 0.25) is 0 Å². The zero-order valence-electron chi connectivity index (χ0n) is 17.6. The topological polar surface area (TPSA) is 66.4 Å². The van der Waals surface area contributed by atoms with Crippen LogP contribution in [0.1, 0.15) is 69.1 Å². The number of carbonyl (C=O) groups is 2. The maximum atomic E-state index is 15.0. The van der Waals surface area contributed by atoms with E-state index in [1.165, 1.54) is 0 Å². The van der Waals surface area contributed by atoms with E-state index >= 15 is 0 Å². The minimum Gasteiger partial charge on any atom is -0.481 e. The molecule has 0 aliphatic heterocycles. The van der Waals surface area contributed by atoms with E-state index < -0.39 is 17.1 Å². The zero-order valence-corrected chi connectivity index (χ0v) is 17.6. The number of halogens is 1. The summed E-state index contributed by atoms with van der Waals surface area (Å²) in [5.74, 6) is 0.173. The summed E-state index contributed by atoms with van der Waals surface area (Å²) in [5.41, 5.74) is 1.14. The van der Waals surface area contributed by atoms with Gasteiger partial charge in [-0.15, -0.1) is 0 Å². The van der Waals surface area contributed by atoms with Crippen molar-refractivity contribution in [3.63, 3.8) is 0 Å². The number of carboxylic acids is 1. The highest BCUT2D eigenvalue weighted by atomic mass is 19.1. The molecule has 0 radical (unpaired) electrons. The van der Waals surface area contributed by atoms with Gasteiger partial charge in [-0.05, 0) is 88.2 Å². The summed E-state index contributed by atoms with van der Waals surface area (Å²) in [5, 5.41) is 12.3. The average Bonchev–Trinajstić information content (AvgIpc) is 2.61. The molecule has 4 aliphatic carbocycles. The Morgan fingerprint density at radius 2 is 1.83 bits per heavy atom. The van der Waals surface area contributed by atoms with Gasteiger partial charge in [0.2, 0.25) is 5.91 Å². The molecule has 1 amide bonds. The van der Waals surface area contributed by atoms with E-state index in [1.807, 2.05) is 39.0 Å². The van der Waals surface area contributed by atoms with E-state index in [0.717, 1.165) is 29.5 Å². The quantitative estimate of drug-likeness (QED) is 0.746. The summed E-state index contributed by atoms with van der Waals surface area (Å²) < 4.78 is 15.0. The van der Waals surface area contributed by atoms with Crippen molar-refractivity contribution in [2.45, 2.75) is 82.8 Å². The van der Waals surface area contributed by atoms with Crippen LogP contribution in [0.4, 0.5) is 4.39 Å². The van der Waals surface area contributed by atoms with Crippen molar-refractivity contribution in [1.29, 1.82) is 0 Å². The number of benzene rings is 1. The molecule has 4 bridgehead atoms. The van der Waals surface area contributed by atoms with Crippen LogP contribution >= 0.6 is 0 Å². The van der Waals surface area contributed by atoms with Gasteiger partial charge in [0.05, 0.1) is 5.41 Å².